The molecule has 16 heavy (non-hydrogen) atoms. The minimum absolute atomic E-state index is 0.714. The molecule has 3 nitrogen and oxygen atoms in total. The number of piperazine rings is 1. The average Bonchev–Trinajstić information content (AvgIpc) is 2.70. The third kappa shape index (κ3) is 3.22. The monoisotopic (exact) mass is 221 g/mol. The van der Waals surface area contributed by atoms with Crippen molar-refractivity contribution in [3.63, 3.8) is 0 Å². The average molecular weight is 221 g/mol. The van der Waals surface area contributed by atoms with E-state index in [2.05, 4.69) is 23.6 Å². The summed E-state index contributed by atoms with van der Waals surface area (Å²) in [6.07, 6.45) is 1.38. The Balaban J connectivity index is 1.71. The zero-order valence-corrected chi connectivity index (χ0v) is 10.7. The van der Waals surface area contributed by atoms with Crippen molar-refractivity contribution in [1.29, 1.82) is 0 Å². The van der Waals surface area contributed by atoms with Crippen molar-refractivity contribution < 1.29 is 0 Å². The second kappa shape index (κ2) is 5.52. The van der Waals surface area contributed by atoms with Crippen molar-refractivity contribution in [2.75, 3.05) is 45.8 Å². The molecule has 2 saturated heterocycles. The fourth-order valence-electron chi connectivity index (χ4n) is 2.79. The molecule has 0 spiro atoms. The Kier molecular flexibility index (Phi) is 4.28. The van der Waals surface area contributed by atoms with E-state index < -0.39 is 0 Å². The molecule has 1 unspecified atom stereocenters. The highest BCUT2D eigenvalue weighted by Gasteiger charge is 2.26. The molecule has 2 aliphatic rings. The largest absolute Gasteiger partial charge is 0.351 e. The van der Waals surface area contributed by atoms with Gasteiger partial charge in [-0.25, -0.2) is 0 Å². The quantitative estimate of drug-likeness (QED) is 0.639. The van der Waals surface area contributed by atoms with E-state index in [1.165, 1.54) is 26.1 Å². The molecule has 0 bridgehead atoms. The minimum atomic E-state index is 0.714. The topological polar surface area (TPSA) is 9.72 Å². The van der Waals surface area contributed by atoms with Crippen LogP contribution in [-0.2, 0) is 0 Å². The Hall–Kier alpha value is -0.0551. The van der Waals surface area contributed by atoms with E-state index in [1.807, 2.05) is 4.81 Å². The van der Waals surface area contributed by atoms with Crippen LogP contribution in [0.4, 0.5) is 0 Å². The molecular formula is C12H24BN3. The number of hydrogen-bond donors (Lipinski definition) is 0. The lowest BCUT2D eigenvalue weighted by Gasteiger charge is -2.34. The molecule has 2 aliphatic heterocycles. The normalized spacial score (nSPS) is 30.3. The van der Waals surface area contributed by atoms with Crippen molar-refractivity contribution in [2.24, 2.45) is 5.92 Å². The first-order chi connectivity index (χ1) is 7.65. The summed E-state index contributed by atoms with van der Waals surface area (Å²) >= 11 is 0. The summed E-state index contributed by atoms with van der Waals surface area (Å²) in [4.78, 5) is 7.12. The SMILES string of the molecule is [B]N1CCN(CC2CCN(C(C)C)C2)CC1. The molecule has 1 atom stereocenters. The highest BCUT2D eigenvalue weighted by molar-refractivity contribution is 6.04. The van der Waals surface area contributed by atoms with Gasteiger partial charge < -0.3 is 14.6 Å². The molecule has 2 rings (SSSR count). The predicted molar refractivity (Wildman–Crippen MR) is 68.6 cm³/mol. The molecule has 4 heteroatoms. The van der Waals surface area contributed by atoms with Crippen LogP contribution in [0.1, 0.15) is 20.3 Å². The zero-order chi connectivity index (χ0) is 11.5. The summed E-state index contributed by atoms with van der Waals surface area (Å²) < 4.78 is 0. The minimum Gasteiger partial charge on any atom is -0.351 e. The summed E-state index contributed by atoms with van der Waals surface area (Å²) in [5.74, 6) is 0.881. The molecule has 2 fully saturated rings. The van der Waals surface area contributed by atoms with Gasteiger partial charge in [0, 0.05) is 32.2 Å². The van der Waals surface area contributed by atoms with Crippen molar-refractivity contribution >= 4 is 7.98 Å². The van der Waals surface area contributed by atoms with Crippen molar-refractivity contribution in [2.45, 2.75) is 26.3 Å². The highest BCUT2D eigenvalue weighted by Crippen LogP contribution is 2.19. The Morgan fingerprint density at radius 3 is 2.38 bits per heavy atom. The Bertz CT molecular complexity index is 214. The van der Waals surface area contributed by atoms with Gasteiger partial charge in [0.2, 0.25) is 0 Å². The van der Waals surface area contributed by atoms with Gasteiger partial charge in [0.25, 0.3) is 0 Å². The smallest absolute Gasteiger partial charge is 0.182 e. The molecule has 0 aromatic carbocycles. The van der Waals surface area contributed by atoms with Gasteiger partial charge in [-0.2, -0.15) is 0 Å². The maximum atomic E-state index is 5.77. The molecule has 2 radical (unpaired) electrons. The van der Waals surface area contributed by atoms with Gasteiger partial charge in [0.1, 0.15) is 0 Å². The lowest BCUT2D eigenvalue weighted by molar-refractivity contribution is 0.163. The van der Waals surface area contributed by atoms with Crippen LogP contribution in [-0.4, -0.2) is 74.4 Å². The van der Waals surface area contributed by atoms with E-state index in [9.17, 15) is 0 Å². The second-order valence-electron chi connectivity index (χ2n) is 5.58. The third-order valence-electron chi connectivity index (χ3n) is 3.97. The van der Waals surface area contributed by atoms with Crippen LogP contribution in [0.5, 0.6) is 0 Å². The van der Waals surface area contributed by atoms with Crippen LogP contribution < -0.4 is 0 Å². The van der Waals surface area contributed by atoms with Gasteiger partial charge in [-0.05, 0) is 45.8 Å². The second-order valence-corrected chi connectivity index (χ2v) is 5.58. The van der Waals surface area contributed by atoms with Gasteiger partial charge in [-0.3, -0.25) is 0 Å². The van der Waals surface area contributed by atoms with E-state index in [-0.39, 0.29) is 0 Å². The maximum Gasteiger partial charge on any atom is 0.182 e. The number of nitrogens with zero attached hydrogens (tertiary/aromatic N) is 3. The van der Waals surface area contributed by atoms with E-state index >= 15 is 0 Å². The van der Waals surface area contributed by atoms with Gasteiger partial charge >= 0.3 is 0 Å². The van der Waals surface area contributed by atoms with E-state index in [1.54, 1.807) is 0 Å². The van der Waals surface area contributed by atoms with Gasteiger partial charge in [-0.15, -0.1) is 0 Å². The Morgan fingerprint density at radius 1 is 1.12 bits per heavy atom. The molecule has 90 valence electrons. The number of likely N-dealkylation sites (tertiary alicyclic amines) is 1. The standard InChI is InChI=1S/C12H24BN3/c1-11(2)15-4-3-12(10-15)9-14-5-7-16(13)8-6-14/h11-12H,3-10H2,1-2H3. The van der Waals surface area contributed by atoms with Crippen molar-refractivity contribution in [1.82, 2.24) is 14.6 Å². The van der Waals surface area contributed by atoms with E-state index in [0.717, 1.165) is 32.1 Å². The predicted octanol–water partition coefficient (Wildman–Crippen LogP) is 0.418. The van der Waals surface area contributed by atoms with Gasteiger partial charge in [0.15, 0.2) is 7.98 Å². The van der Waals surface area contributed by atoms with Crippen molar-refractivity contribution in [3.05, 3.63) is 0 Å². The molecule has 2 heterocycles. The fraction of sp³-hybridized carbons (Fsp3) is 1.00. The van der Waals surface area contributed by atoms with Crippen LogP contribution in [0.2, 0.25) is 0 Å². The molecule has 0 aliphatic carbocycles. The van der Waals surface area contributed by atoms with Crippen LogP contribution >= 0.6 is 0 Å². The lowest BCUT2D eigenvalue weighted by atomic mass is 10.1. The molecule has 0 aromatic rings. The molecule has 0 saturated carbocycles. The van der Waals surface area contributed by atoms with Crippen LogP contribution in [0.3, 0.4) is 0 Å². The number of hydrogen-bond acceptors (Lipinski definition) is 3. The summed E-state index contributed by atoms with van der Waals surface area (Å²) in [5.41, 5.74) is 0. The van der Waals surface area contributed by atoms with Crippen LogP contribution in [0.25, 0.3) is 0 Å². The maximum absolute atomic E-state index is 5.77. The summed E-state index contributed by atoms with van der Waals surface area (Å²) in [7, 11) is 5.77. The molecule has 0 amide bonds. The van der Waals surface area contributed by atoms with E-state index in [4.69, 9.17) is 7.98 Å². The third-order valence-corrected chi connectivity index (χ3v) is 3.97. The summed E-state index contributed by atoms with van der Waals surface area (Å²) in [6, 6.07) is 0.714. The summed E-state index contributed by atoms with van der Waals surface area (Å²) in [6.45, 7) is 12.8. The molecule has 0 N–H and O–H groups in total. The van der Waals surface area contributed by atoms with Gasteiger partial charge in [0.05, 0.1) is 0 Å². The Labute approximate surface area is 101 Å². The van der Waals surface area contributed by atoms with E-state index in [0.29, 0.717) is 6.04 Å². The summed E-state index contributed by atoms with van der Waals surface area (Å²) in [5, 5.41) is 0. The fourth-order valence-corrected chi connectivity index (χ4v) is 2.79. The van der Waals surface area contributed by atoms with Crippen LogP contribution in [0.15, 0.2) is 0 Å². The first-order valence-electron chi connectivity index (χ1n) is 6.61. The highest BCUT2D eigenvalue weighted by atomic mass is 15.2. The van der Waals surface area contributed by atoms with Gasteiger partial charge in [-0.1, -0.05) is 0 Å². The Morgan fingerprint density at radius 2 is 1.81 bits per heavy atom. The molecule has 0 aromatic heterocycles. The van der Waals surface area contributed by atoms with Crippen molar-refractivity contribution in [3.8, 4) is 0 Å². The molecular weight excluding hydrogens is 197 g/mol. The first-order valence-corrected chi connectivity index (χ1v) is 6.61. The lowest BCUT2D eigenvalue weighted by Crippen LogP contribution is -2.47. The zero-order valence-electron chi connectivity index (χ0n) is 10.7. The number of rotatable bonds is 3. The first kappa shape index (κ1) is 12.4. The van der Waals surface area contributed by atoms with Crippen LogP contribution in [0, 0.1) is 5.92 Å².